The number of nitrogens with zero attached hydrogens (tertiary/aromatic N) is 6. The maximum absolute atomic E-state index is 5.57. The highest BCUT2D eigenvalue weighted by molar-refractivity contribution is 5.62. The molecule has 9 nitrogen and oxygen atoms in total. The zero-order chi connectivity index (χ0) is 21.2. The van der Waals surface area contributed by atoms with Crippen LogP contribution in [0.4, 0.5) is 0 Å². The van der Waals surface area contributed by atoms with E-state index >= 15 is 0 Å². The molecule has 31 heavy (non-hydrogen) atoms. The summed E-state index contributed by atoms with van der Waals surface area (Å²) in [6.45, 7) is 2.46. The van der Waals surface area contributed by atoms with Crippen molar-refractivity contribution in [1.82, 2.24) is 29.7 Å². The molecule has 1 saturated heterocycles. The van der Waals surface area contributed by atoms with Crippen LogP contribution in [0.5, 0.6) is 5.75 Å². The van der Waals surface area contributed by atoms with Crippen LogP contribution in [0.1, 0.15) is 30.5 Å². The number of methoxy groups -OCH3 is 1. The largest absolute Gasteiger partial charge is 0.496 e. The quantitative estimate of drug-likeness (QED) is 0.468. The smallest absolute Gasteiger partial charge is 0.261 e. The van der Waals surface area contributed by atoms with Gasteiger partial charge in [0.1, 0.15) is 5.75 Å². The Hall–Kier alpha value is -3.46. The Morgan fingerprint density at radius 2 is 1.87 bits per heavy atom. The second-order valence-corrected chi connectivity index (χ2v) is 7.73. The molecule has 0 spiro atoms. The van der Waals surface area contributed by atoms with Crippen LogP contribution in [0.25, 0.3) is 23.0 Å². The van der Waals surface area contributed by atoms with Crippen molar-refractivity contribution in [3.8, 4) is 28.7 Å². The van der Waals surface area contributed by atoms with Gasteiger partial charge >= 0.3 is 0 Å². The van der Waals surface area contributed by atoms with E-state index in [9.17, 15) is 0 Å². The minimum absolute atomic E-state index is 0.271. The van der Waals surface area contributed by atoms with Crippen LogP contribution in [0.2, 0.25) is 0 Å². The highest BCUT2D eigenvalue weighted by Gasteiger charge is 2.27. The lowest BCUT2D eigenvalue weighted by Gasteiger charge is -2.29. The zero-order valence-electron chi connectivity index (χ0n) is 17.6. The van der Waals surface area contributed by atoms with Crippen molar-refractivity contribution < 1.29 is 13.8 Å². The maximum Gasteiger partial charge on any atom is 0.261 e. The molecule has 9 heteroatoms. The molecule has 4 heterocycles. The Morgan fingerprint density at radius 1 is 1.03 bits per heavy atom. The summed E-state index contributed by atoms with van der Waals surface area (Å²) >= 11 is 0. The Morgan fingerprint density at radius 3 is 2.65 bits per heavy atom. The van der Waals surface area contributed by atoms with Crippen molar-refractivity contribution in [2.75, 3.05) is 20.2 Å². The first-order valence-electron chi connectivity index (χ1n) is 10.3. The average molecular weight is 420 g/mol. The number of rotatable bonds is 6. The van der Waals surface area contributed by atoms with Gasteiger partial charge in [-0.15, -0.1) is 0 Å². The standard InChI is InChI=1S/C22H24N6O3/c1-27-11-5-7-17(27)20-24-21(30-26-20)15-9-12-28(13-10-15)14-19-23-22(31-25-19)16-6-3-4-8-18(16)29-2/h3-8,11,15H,9-10,12-14H2,1-2H3. The van der Waals surface area contributed by atoms with Crippen LogP contribution in [0.3, 0.4) is 0 Å². The summed E-state index contributed by atoms with van der Waals surface area (Å²) < 4.78 is 18.4. The lowest BCUT2D eigenvalue weighted by Crippen LogP contribution is -2.32. The monoisotopic (exact) mass is 420 g/mol. The molecule has 0 atom stereocenters. The Balaban J connectivity index is 1.20. The summed E-state index contributed by atoms with van der Waals surface area (Å²) in [7, 11) is 3.60. The number of aryl methyl sites for hydroxylation is 1. The molecule has 0 N–H and O–H groups in total. The molecule has 4 aromatic rings. The summed E-state index contributed by atoms with van der Waals surface area (Å²) in [5.74, 6) is 3.49. The fourth-order valence-electron chi connectivity index (χ4n) is 3.99. The van der Waals surface area contributed by atoms with Crippen LogP contribution in [0.15, 0.2) is 51.6 Å². The third-order valence-electron chi connectivity index (χ3n) is 5.72. The molecule has 0 aliphatic carbocycles. The van der Waals surface area contributed by atoms with Gasteiger partial charge in [-0.05, 0) is 50.2 Å². The van der Waals surface area contributed by atoms with Crippen LogP contribution in [0, 0.1) is 0 Å². The van der Waals surface area contributed by atoms with Gasteiger partial charge in [0.25, 0.3) is 5.89 Å². The SMILES string of the molecule is COc1ccccc1-c1nc(CN2CCC(c3nc(-c4cccn4C)no3)CC2)no1. The average Bonchev–Trinajstić information content (AvgIpc) is 3.55. The number of piperidine rings is 1. The lowest BCUT2D eigenvalue weighted by atomic mass is 9.97. The van der Waals surface area contributed by atoms with Gasteiger partial charge in [-0.1, -0.05) is 22.4 Å². The van der Waals surface area contributed by atoms with E-state index in [1.54, 1.807) is 7.11 Å². The second kappa shape index (κ2) is 8.35. The molecule has 160 valence electrons. The summed E-state index contributed by atoms with van der Waals surface area (Å²) in [5.41, 5.74) is 1.75. The molecular weight excluding hydrogens is 396 g/mol. The molecule has 0 unspecified atom stereocenters. The number of benzene rings is 1. The second-order valence-electron chi connectivity index (χ2n) is 7.73. The van der Waals surface area contributed by atoms with Gasteiger partial charge in [0.05, 0.1) is 24.9 Å². The molecule has 1 aliphatic heterocycles. The number of hydrogen-bond acceptors (Lipinski definition) is 8. The van der Waals surface area contributed by atoms with Crippen molar-refractivity contribution in [3.05, 3.63) is 54.3 Å². The van der Waals surface area contributed by atoms with E-state index in [0.717, 1.165) is 37.2 Å². The first kappa shape index (κ1) is 19.5. The van der Waals surface area contributed by atoms with E-state index in [1.165, 1.54) is 0 Å². The van der Waals surface area contributed by atoms with E-state index in [4.69, 9.17) is 13.8 Å². The normalized spacial score (nSPS) is 15.4. The minimum atomic E-state index is 0.271. The number of para-hydroxylation sites is 1. The molecule has 3 aromatic heterocycles. The van der Waals surface area contributed by atoms with Gasteiger partial charge in [-0.3, -0.25) is 4.90 Å². The van der Waals surface area contributed by atoms with E-state index in [0.29, 0.717) is 35.7 Å². The highest BCUT2D eigenvalue weighted by Crippen LogP contribution is 2.30. The van der Waals surface area contributed by atoms with Crippen molar-refractivity contribution in [1.29, 1.82) is 0 Å². The summed E-state index contributed by atoms with van der Waals surface area (Å²) in [5, 5.41) is 8.32. The number of ether oxygens (including phenoxy) is 1. The number of likely N-dealkylation sites (tertiary alicyclic amines) is 1. The van der Waals surface area contributed by atoms with Gasteiger partial charge in [-0.2, -0.15) is 9.97 Å². The van der Waals surface area contributed by atoms with E-state index < -0.39 is 0 Å². The van der Waals surface area contributed by atoms with Crippen LogP contribution in [-0.4, -0.2) is 49.9 Å². The number of hydrogen-bond donors (Lipinski definition) is 0. The van der Waals surface area contributed by atoms with E-state index in [2.05, 4.69) is 25.2 Å². The van der Waals surface area contributed by atoms with E-state index in [1.807, 2.05) is 54.2 Å². The van der Waals surface area contributed by atoms with Crippen molar-refractivity contribution >= 4 is 0 Å². The zero-order valence-corrected chi connectivity index (χ0v) is 17.6. The van der Waals surface area contributed by atoms with Crippen LogP contribution >= 0.6 is 0 Å². The van der Waals surface area contributed by atoms with Gasteiger partial charge in [-0.25, -0.2) is 0 Å². The fourth-order valence-corrected chi connectivity index (χ4v) is 3.99. The molecule has 0 amide bonds. The fraction of sp³-hybridized carbons (Fsp3) is 0.364. The topological polar surface area (TPSA) is 95.2 Å². The van der Waals surface area contributed by atoms with Gasteiger partial charge in [0.2, 0.25) is 11.7 Å². The Bertz CT molecular complexity index is 1160. The summed E-state index contributed by atoms with van der Waals surface area (Å²) in [4.78, 5) is 11.5. The highest BCUT2D eigenvalue weighted by atomic mass is 16.5. The molecule has 5 rings (SSSR count). The summed E-state index contributed by atoms with van der Waals surface area (Å²) in [6.07, 6.45) is 3.87. The maximum atomic E-state index is 5.57. The van der Waals surface area contributed by atoms with E-state index in [-0.39, 0.29) is 5.92 Å². The van der Waals surface area contributed by atoms with Crippen LogP contribution < -0.4 is 4.74 Å². The number of aromatic nitrogens is 5. The van der Waals surface area contributed by atoms with Crippen molar-refractivity contribution in [3.63, 3.8) is 0 Å². The molecule has 1 aliphatic rings. The Kier molecular flexibility index (Phi) is 5.25. The van der Waals surface area contributed by atoms with Gasteiger partial charge in [0.15, 0.2) is 5.82 Å². The predicted molar refractivity (Wildman–Crippen MR) is 112 cm³/mol. The van der Waals surface area contributed by atoms with Crippen LogP contribution in [-0.2, 0) is 13.6 Å². The molecule has 0 saturated carbocycles. The molecule has 0 bridgehead atoms. The van der Waals surface area contributed by atoms with Crippen molar-refractivity contribution in [2.24, 2.45) is 7.05 Å². The van der Waals surface area contributed by atoms with Crippen molar-refractivity contribution in [2.45, 2.75) is 25.3 Å². The molecular formula is C22H24N6O3. The summed E-state index contributed by atoms with van der Waals surface area (Å²) in [6, 6.07) is 11.6. The minimum Gasteiger partial charge on any atom is -0.496 e. The first-order chi connectivity index (χ1) is 15.2. The molecule has 0 radical (unpaired) electrons. The molecule has 1 aromatic carbocycles. The predicted octanol–water partition coefficient (Wildman–Crippen LogP) is 3.51. The third kappa shape index (κ3) is 3.96. The van der Waals surface area contributed by atoms with Gasteiger partial charge in [0, 0.05) is 19.2 Å². The molecule has 1 fully saturated rings. The Labute approximate surface area is 179 Å². The lowest BCUT2D eigenvalue weighted by molar-refractivity contribution is 0.182. The first-order valence-corrected chi connectivity index (χ1v) is 10.3. The van der Waals surface area contributed by atoms with Gasteiger partial charge < -0.3 is 18.4 Å². The third-order valence-corrected chi connectivity index (χ3v) is 5.72.